The first kappa shape index (κ1) is 21.4. The van der Waals surface area contributed by atoms with Crippen molar-refractivity contribution in [1.82, 2.24) is 10.2 Å². The molecule has 1 aromatic carbocycles. The maximum atomic E-state index is 12.0. The highest BCUT2D eigenvalue weighted by atomic mass is 16.5. The highest BCUT2D eigenvalue weighted by Crippen LogP contribution is 2.09. The summed E-state index contributed by atoms with van der Waals surface area (Å²) in [5.41, 5.74) is 1.37. The van der Waals surface area contributed by atoms with E-state index >= 15 is 0 Å². The Balaban J connectivity index is 2.48. The number of amides is 2. The zero-order valence-corrected chi connectivity index (χ0v) is 15.8. The smallest absolute Gasteiger partial charge is 0.325 e. The van der Waals surface area contributed by atoms with Crippen molar-refractivity contribution >= 4 is 23.9 Å². The summed E-state index contributed by atoms with van der Waals surface area (Å²) in [4.78, 5) is 36.8. The minimum absolute atomic E-state index is 0.157. The number of nitrogens with one attached hydrogen (secondary N) is 1. The fourth-order valence-corrected chi connectivity index (χ4v) is 2.44. The van der Waals surface area contributed by atoms with Crippen LogP contribution in [0.25, 0.3) is 6.08 Å². The quantitative estimate of drug-likeness (QED) is 0.514. The first-order valence-corrected chi connectivity index (χ1v) is 8.91. The van der Waals surface area contributed by atoms with Gasteiger partial charge in [0.25, 0.3) is 5.91 Å². The second-order valence-corrected chi connectivity index (χ2v) is 5.74. The molecule has 6 nitrogen and oxygen atoms in total. The lowest BCUT2D eigenvalue weighted by atomic mass is 10.1. The van der Waals surface area contributed by atoms with Gasteiger partial charge in [-0.1, -0.05) is 24.3 Å². The number of allylic oxidation sites excluding steroid dienone is 1. The first-order valence-electron chi connectivity index (χ1n) is 8.91. The summed E-state index contributed by atoms with van der Waals surface area (Å²) >= 11 is 0. The minimum atomic E-state index is -0.492. The third-order valence-corrected chi connectivity index (χ3v) is 3.96. The van der Waals surface area contributed by atoms with Gasteiger partial charge in [0.1, 0.15) is 6.54 Å². The maximum absolute atomic E-state index is 12.0. The molecule has 0 spiro atoms. The lowest BCUT2D eigenvalue weighted by molar-refractivity contribution is -0.139. The molecule has 0 radical (unpaired) electrons. The molecule has 0 atom stereocenters. The Hall–Kier alpha value is -2.63. The molecule has 26 heavy (non-hydrogen) atoms. The molecule has 1 aromatic rings. The Labute approximate surface area is 155 Å². The van der Waals surface area contributed by atoms with Crippen LogP contribution in [0.15, 0.2) is 30.3 Å². The molecule has 0 aliphatic carbocycles. The Morgan fingerprint density at radius 1 is 1.19 bits per heavy atom. The van der Waals surface area contributed by atoms with Crippen molar-refractivity contribution in [1.29, 1.82) is 0 Å². The van der Waals surface area contributed by atoms with Crippen molar-refractivity contribution in [3.05, 3.63) is 41.5 Å². The van der Waals surface area contributed by atoms with Crippen LogP contribution in [0.4, 0.5) is 0 Å². The molecule has 0 saturated heterocycles. The van der Waals surface area contributed by atoms with Gasteiger partial charge >= 0.3 is 5.97 Å². The molecule has 2 amide bonds. The normalized spacial score (nSPS) is 10.6. The molecule has 0 unspecified atom stereocenters. The second-order valence-electron chi connectivity index (χ2n) is 5.74. The van der Waals surface area contributed by atoms with E-state index < -0.39 is 5.97 Å². The van der Waals surface area contributed by atoms with Gasteiger partial charge in [-0.05, 0) is 44.4 Å². The number of carbonyl (C=O) groups is 3. The molecule has 0 heterocycles. The number of methoxy groups -OCH3 is 1. The SMILES string of the molecule is CCN(CC)C(=O)CCC/C=C\c1cccc(C(=O)NCC(=O)OC)c1. The van der Waals surface area contributed by atoms with E-state index in [1.165, 1.54) is 7.11 Å². The minimum Gasteiger partial charge on any atom is -0.468 e. The van der Waals surface area contributed by atoms with E-state index in [2.05, 4.69) is 10.1 Å². The molecule has 0 bridgehead atoms. The van der Waals surface area contributed by atoms with E-state index in [-0.39, 0.29) is 18.4 Å². The van der Waals surface area contributed by atoms with Crippen LogP contribution >= 0.6 is 0 Å². The van der Waals surface area contributed by atoms with E-state index in [0.29, 0.717) is 12.0 Å². The molecule has 0 aliphatic heterocycles. The van der Waals surface area contributed by atoms with Gasteiger partial charge in [0.15, 0.2) is 0 Å². The van der Waals surface area contributed by atoms with Crippen molar-refractivity contribution in [2.75, 3.05) is 26.7 Å². The fraction of sp³-hybridized carbons (Fsp3) is 0.450. The van der Waals surface area contributed by atoms with Gasteiger partial charge in [0.05, 0.1) is 7.11 Å². The average molecular weight is 360 g/mol. The van der Waals surface area contributed by atoms with Crippen molar-refractivity contribution in [2.24, 2.45) is 0 Å². The molecule has 1 N–H and O–H groups in total. The van der Waals surface area contributed by atoms with Crippen LogP contribution in [0.5, 0.6) is 0 Å². The molecule has 0 aliphatic rings. The number of hydrogen-bond acceptors (Lipinski definition) is 4. The van der Waals surface area contributed by atoms with Gasteiger partial charge in [-0.15, -0.1) is 0 Å². The van der Waals surface area contributed by atoms with Crippen LogP contribution in [0.3, 0.4) is 0 Å². The lowest BCUT2D eigenvalue weighted by Crippen LogP contribution is -2.30. The zero-order valence-electron chi connectivity index (χ0n) is 15.8. The van der Waals surface area contributed by atoms with Crippen molar-refractivity contribution in [2.45, 2.75) is 33.1 Å². The van der Waals surface area contributed by atoms with Crippen LogP contribution in [-0.2, 0) is 14.3 Å². The highest BCUT2D eigenvalue weighted by Gasteiger charge is 2.09. The number of carbonyl (C=O) groups excluding carboxylic acids is 3. The van der Waals surface area contributed by atoms with E-state index in [4.69, 9.17) is 0 Å². The Bertz CT molecular complexity index is 636. The summed E-state index contributed by atoms with van der Waals surface area (Å²) in [6.45, 7) is 5.30. The molecule has 0 aromatic heterocycles. The molecule has 0 saturated carbocycles. The largest absolute Gasteiger partial charge is 0.468 e. The second kappa shape index (κ2) is 11.8. The summed E-state index contributed by atoms with van der Waals surface area (Å²) in [6, 6.07) is 7.13. The summed E-state index contributed by atoms with van der Waals surface area (Å²) in [5.74, 6) is -0.628. The Kier molecular flexibility index (Phi) is 9.75. The number of esters is 1. The number of unbranched alkanes of at least 4 members (excludes halogenated alkanes) is 1. The van der Waals surface area contributed by atoms with E-state index in [0.717, 1.165) is 31.5 Å². The van der Waals surface area contributed by atoms with Gasteiger partial charge in [0.2, 0.25) is 5.91 Å². The molecular weight excluding hydrogens is 332 g/mol. The molecule has 1 rings (SSSR count). The maximum Gasteiger partial charge on any atom is 0.325 e. The molecule has 142 valence electrons. The van der Waals surface area contributed by atoms with Gasteiger partial charge in [-0.25, -0.2) is 0 Å². The summed E-state index contributed by atoms with van der Waals surface area (Å²) < 4.78 is 4.49. The Morgan fingerprint density at radius 2 is 1.92 bits per heavy atom. The summed E-state index contributed by atoms with van der Waals surface area (Å²) in [7, 11) is 1.27. The fourth-order valence-electron chi connectivity index (χ4n) is 2.44. The third-order valence-electron chi connectivity index (χ3n) is 3.96. The van der Waals surface area contributed by atoms with Crippen molar-refractivity contribution < 1.29 is 19.1 Å². The number of benzene rings is 1. The number of rotatable bonds is 10. The van der Waals surface area contributed by atoms with E-state index in [9.17, 15) is 14.4 Å². The van der Waals surface area contributed by atoms with Crippen LogP contribution in [-0.4, -0.2) is 49.4 Å². The van der Waals surface area contributed by atoms with Gasteiger partial charge in [-0.2, -0.15) is 0 Å². The third kappa shape index (κ3) is 7.51. The number of ether oxygens (including phenoxy) is 1. The van der Waals surface area contributed by atoms with E-state index in [1.807, 2.05) is 37.0 Å². The van der Waals surface area contributed by atoms with Gasteiger partial charge < -0.3 is 15.0 Å². The topological polar surface area (TPSA) is 75.7 Å². The monoisotopic (exact) mass is 360 g/mol. The van der Waals surface area contributed by atoms with E-state index in [1.54, 1.807) is 18.2 Å². The predicted octanol–water partition coefficient (Wildman–Crippen LogP) is 2.64. The van der Waals surface area contributed by atoms with Crippen LogP contribution in [0, 0.1) is 0 Å². The van der Waals surface area contributed by atoms with Crippen LogP contribution in [0.2, 0.25) is 0 Å². The molecule has 0 fully saturated rings. The predicted molar refractivity (Wildman–Crippen MR) is 102 cm³/mol. The van der Waals surface area contributed by atoms with Crippen molar-refractivity contribution in [3.63, 3.8) is 0 Å². The first-order chi connectivity index (χ1) is 12.5. The molecular formula is C20H28N2O4. The Morgan fingerprint density at radius 3 is 2.58 bits per heavy atom. The lowest BCUT2D eigenvalue weighted by Gasteiger charge is -2.18. The zero-order chi connectivity index (χ0) is 19.4. The average Bonchev–Trinajstić information content (AvgIpc) is 2.66. The summed E-state index contributed by atoms with van der Waals surface area (Å²) in [5, 5.41) is 2.51. The van der Waals surface area contributed by atoms with Gasteiger partial charge in [0, 0.05) is 25.1 Å². The number of nitrogens with zero attached hydrogens (tertiary/aromatic N) is 1. The highest BCUT2D eigenvalue weighted by molar-refractivity contribution is 5.96. The van der Waals surface area contributed by atoms with Crippen LogP contribution in [0.1, 0.15) is 49.0 Å². The molecule has 6 heteroatoms. The number of hydrogen-bond donors (Lipinski definition) is 1. The van der Waals surface area contributed by atoms with Crippen molar-refractivity contribution in [3.8, 4) is 0 Å². The summed E-state index contributed by atoms with van der Waals surface area (Å²) in [6.07, 6.45) is 6.07. The van der Waals surface area contributed by atoms with Crippen LogP contribution < -0.4 is 5.32 Å². The van der Waals surface area contributed by atoms with Gasteiger partial charge in [-0.3, -0.25) is 14.4 Å². The standard InChI is InChI=1S/C20H28N2O4/c1-4-22(5-2)18(23)13-8-6-7-10-16-11-9-12-17(14-16)20(25)21-15-19(24)26-3/h7,9-12,14H,4-6,8,13,15H2,1-3H3,(H,21,25)/b10-7-.